The van der Waals surface area contributed by atoms with E-state index >= 15 is 0 Å². The highest BCUT2D eigenvalue weighted by Crippen LogP contribution is 2.15. The number of hydrogen-bond donors (Lipinski definition) is 2. The Balaban J connectivity index is 0.00000385. The molecule has 0 saturated carbocycles. The van der Waals surface area contributed by atoms with Crippen LogP contribution < -0.4 is 15.4 Å². The molecule has 0 spiro atoms. The van der Waals surface area contributed by atoms with E-state index in [-0.39, 0.29) is 24.0 Å². The van der Waals surface area contributed by atoms with E-state index in [1.54, 1.807) is 7.05 Å². The number of guanidine groups is 1. The number of aryl methyl sites for hydroxylation is 1. The normalized spacial score (nSPS) is 14.6. The molecular weight excluding hydrogens is 527 g/mol. The predicted octanol–water partition coefficient (Wildman–Crippen LogP) is 4.09. The second-order valence-electron chi connectivity index (χ2n) is 8.26. The molecule has 0 amide bonds. The number of nitrogens with zero attached hydrogens (tertiary/aromatic N) is 2. The summed E-state index contributed by atoms with van der Waals surface area (Å²) >= 11 is 0. The van der Waals surface area contributed by atoms with Crippen molar-refractivity contribution in [1.82, 2.24) is 15.5 Å². The lowest BCUT2D eigenvalue weighted by atomic mass is 10.1. The average molecular weight is 567 g/mol. The Kier molecular flexibility index (Phi) is 13.2. The molecule has 33 heavy (non-hydrogen) atoms. The van der Waals surface area contributed by atoms with Gasteiger partial charge in [-0.25, -0.2) is 0 Å². The van der Waals surface area contributed by atoms with Gasteiger partial charge in [0.1, 0.15) is 12.4 Å². The average Bonchev–Trinajstić information content (AvgIpc) is 2.85. The van der Waals surface area contributed by atoms with Gasteiger partial charge in [-0.2, -0.15) is 0 Å². The molecular formula is C26H39IN4O2. The third-order valence-corrected chi connectivity index (χ3v) is 5.89. The van der Waals surface area contributed by atoms with Gasteiger partial charge >= 0.3 is 0 Å². The molecule has 2 N–H and O–H groups in total. The van der Waals surface area contributed by atoms with E-state index in [1.807, 2.05) is 12.1 Å². The fourth-order valence-electron chi connectivity index (χ4n) is 3.91. The van der Waals surface area contributed by atoms with Crippen LogP contribution in [-0.4, -0.2) is 63.9 Å². The van der Waals surface area contributed by atoms with Gasteiger partial charge in [-0.3, -0.25) is 9.89 Å². The number of aliphatic imine (C=N–C) groups is 1. The molecule has 1 aliphatic rings. The molecule has 1 aliphatic heterocycles. The maximum atomic E-state index is 6.02. The van der Waals surface area contributed by atoms with Crippen LogP contribution in [0.1, 0.15) is 30.4 Å². The second kappa shape index (κ2) is 15.9. The van der Waals surface area contributed by atoms with Crippen LogP contribution in [0, 0.1) is 0 Å². The van der Waals surface area contributed by atoms with Crippen molar-refractivity contribution in [3.05, 3.63) is 65.7 Å². The molecule has 0 aliphatic carbocycles. The van der Waals surface area contributed by atoms with Crippen molar-refractivity contribution >= 4 is 29.9 Å². The summed E-state index contributed by atoms with van der Waals surface area (Å²) in [6, 6.07) is 19.5. The molecule has 0 bridgehead atoms. The zero-order valence-corrected chi connectivity index (χ0v) is 22.3. The number of halogens is 1. The second-order valence-corrected chi connectivity index (χ2v) is 8.26. The highest BCUT2D eigenvalue weighted by Gasteiger charge is 2.17. The SMILES string of the molecule is CN=C(NCCCc1ccccc1)NCc1cccc(OCCN(C)C2CCOCC2)c1.I. The van der Waals surface area contributed by atoms with Crippen LogP contribution in [-0.2, 0) is 17.7 Å². The fourth-order valence-corrected chi connectivity index (χ4v) is 3.91. The van der Waals surface area contributed by atoms with E-state index in [9.17, 15) is 0 Å². The number of ether oxygens (including phenoxy) is 2. The van der Waals surface area contributed by atoms with Gasteiger partial charge < -0.3 is 20.1 Å². The first-order valence-corrected chi connectivity index (χ1v) is 11.7. The summed E-state index contributed by atoms with van der Waals surface area (Å²) in [5.74, 6) is 1.73. The first kappa shape index (κ1) is 27.4. The molecule has 182 valence electrons. The fraction of sp³-hybridized carbons (Fsp3) is 0.500. The highest BCUT2D eigenvalue weighted by atomic mass is 127. The summed E-state index contributed by atoms with van der Waals surface area (Å²) in [4.78, 5) is 6.72. The van der Waals surface area contributed by atoms with Crippen LogP contribution in [0.3, 0.4) is 0 Å². The molecule has 1 fully saturated rings. The van der Waals surface area contributed by atoms with Crippen LogP contribution in [0.2, 0.25) is 0 Å². The quantitative estimate of drug-likeness (QED) is 0.186. The van der Waals surface area contributed by atoms with E-state index in [0.29, 0.717) is 19.2 Å². The van der Waals surface area contributed by atoms with Gasteiger partial charge in [0.15, 0.2) is 5.96 Å². The van der Waals surface area contributed by atoms with Gasteiger partial charge in [0.2, 0.25) is 0 Å². The van der Waals surface area contributed by atoms with Crippen molar-refractivity contribution in [3.8, 4) is 5.75 Å². The van der Waals surface area contributed by atoms with Crippen LogP contribution in [0.5, 0.6) is 5.75 Å². The van der Waals surface area contributed by atoms with Gasteiger partial charge in [0, 0.05) is 45.9 Å². The third-order valence-electron chi connectivity index (χ3n) is 5.89. The van der Waals surface area contributed by atoms with Crippen molar-refractivity contribution in [1.29, 1.82) is 0 Å². The highest BCUT2D eigenvalue weighted by molar-refractivity contribution is 14.0. The van der Waals surface area contributed by atoms with Crippen molar-refractivity contribution in [2.45, 2.75) is 38.3 Å². The van der Waals surface area contributed by atoms with E-state index in [1.165, 1.54) is 11.1 Å². The van der Waals surface area contributed by atoms with E-state index < -0.39 is 0 Å². The first-order valence-electron chi connectivity index (χ1n) is 11.7. The number of benzene rings is 2. The molecule has 1 heterocycles. The zero-order chi connectivity index (χ0) is 22.4. The van der Waals surface area contributed by atoms with Gasteiger partial charge in [0.25, 0.3) is 0 Å². The largest absolute Gasteiger partial charge is 0.492 e. The topological polar surface area (TPSA) is 58.1 Å². The Morgan fingerprint density at radius 2 is 1.82 bits per heavy atom. The predicted molar refractivity (Wildman–Crippen MR) is 147 cm³/mol. The summed E-state index contributed by atoms with van der Waals surface area (Å²) in [6.45, 7) is 4.95. The molecule has 6 nitrogen and oxygen atoms in total. The summed E-state index contributed by atoms with van der Waals surface area (Å²) in [7, 11) is 3.99. The molecule has 3 rings (SSSR count). The van der Waals surface area contributed by atoms with Crippen molar-refractivity contribution in [3.63, 3.8) is 0 Å². The van der Waals surface area contributed by atoms with Crippen LogP contribution in [0.15, 0.2) is 59.6 Å². The monoisotopic (exact) mass is 566 g/mol. The van der Waals surface area contributed by atoms with Crippen molar-refractivity contribution in [2.24, 2.45) is 4.99 Å². The lowest BCUT2D eigenvalue weighted by molar-refractivity contribution is 0.0392. The van der Waals surface area contributed by atoms with Crippen LogP contribution in [0.4, 0.5) is 0 Å². The summed E-state index contributed by atoms with van der Waals surface area (Å²) in [5.41, 5.74) is 2.54. The van der Waals surface area contributed by atoms with E-state index in [0.717, 1.165) is 63.7 Å². The van der Waals surface area contributed by atoms with Gasteiger partial charge in [-0.15, -0.1) is 24.0 Å². The Morgan fingerprint density at radius 1 is 1.06 bits per heavy atom. The van der Waals surface area contributed by atoms with Crippen LogP contribution >= 0.6 is 24.0 Å². The molecule has 0 radical (unpaired) electrons. The van der Waals surface area contributed by atoms with Gasteiger partial charge in [-0.05, 0) is 56.0 Å². The maximum Gasteiger partial charge on any atom is 0.191 e. The summed E-state index contributed by atoms with van der Waals surface area (Å²) in [6.07, 6.45) is 4.35. The minimum atomic E-state index is 0. The Labute approximate surface area is 216 Å². The van der Waals surface area contributed by atoms with E-state index in [2.05, 4.69) is 70.0 Å². The molecule has 0 atom stereocenters. The Morgan fingerprint density at radius 3 is 2.58 bits per heavy atom. The molecule has 0 unspecified atom stereocenters. The lowest BCUT2D eigenvalue weighted by Gasteiger charge is -2.31. The Bertz CT molecular complexity index is 813. The number of hydrogen-bond acceptors (Lipinski definition) is 4. The number of likely N-dealkylation sites (N-methyl/N-ethyl adjacent to an activating group) is 1. The molecule has 1 saturated heterocycles. The minimum absolute atomic E-state index is 0. The van der Waals surface area contributed by atoms with Gasteiger partial charge in [0.05, 0.1) is 0 Å². The maximum absolute atomic E-state index is 6.02. The molecule has 0 aromatic heterocycles. The third kappa shape index (κ3) is 10.3. The van der Waals surface area contributed by atoms with E-state index in [4.69, 9.17) is 9.47 Å². The Hall–Kier alpha value is -1.84. The van der Waals surface area contributed by atoms with Crippen molar-refractivity contribution < 1.29 is 9.47 Å². The smallest absolute Gasteiger partial charge is 0.191 e. The molecule has 2 aromatic rings. The number of rotatable bonds is 11. The van der Waals surface area contributed by atoms with Crippen molar-refractivity contribution in [2.75, 3.05) is 47.0 Å². The molecule has 2 aromatic carbocycles. The lowest BCUT2D eigenvalue weighted by Crippen LogP contribution is -2.38. The van der Waals surface area contributed by atoms with Crippen LogP contribution in [0.25, 0.3) is 0 Å². The molecule has 7 heteroatoms. The summed E-state index contributed by atoms with van der Waals surface area (Å²) in [5, 5.41) is 6.79. The zero-order valence-electron chi connectivity index (χ0n) is 20.0. The summed E-state index contributed by atoms with van der Waals surface area (Å²) < 4.78 is 11.5. The standard InChI is InChI=1S/C26H38N4O2.HI/c1-27-26(28-15-7-11-22-8-4-3-5-9-22)29-21-23-10-6-12-25(20-23)32-19-16-30(2)24-13-17-31-18-14-24;/h3-6,8-10,12,20,24H,7,11,13-19,21H2,1-2H3,(H2,27,28,29);1H. The minimum Gasteiger partial charge on any atom is -0.492 e. The first-order chi connectivity index (χ1) is 15.7. The number of nitrogens with one attached hydrogen (secondary N) is 2. The van der Waals surface area contributed by atoms with Gasteiger partial charge in [-0.1, -0.05) is 42.5 Å².